The van der Waals surface area contributed by atoms with Crippen LogP contribution < -0.4 is 0 Å². The van der Waals surface area contributed by atoms with Gasteiger partial charge in [0.2, 0.25) is 0 Å². The van der Waals surface area contributed by atoms with E-state index in [0.29, 0.717) is 16.6 Å². The summed E-state index contributed by atoms with van der Waals surface area (Å²) in [6, 6.07) is 2.09. The molecule has 1 aliphatic rings. The number of halogens is 1. The zero-order valence-corrected chi connectivity index (χ0v) is 11.5. The van der Waals surface area contributed by atoms with Crippen molar-refractivity contribution in [2.45, 2.75) is 45.1 Å². The molecular formula is C14H19ClN2O. The number of piperidine rings is 1. The van der Waals surface area contributed by atoms with Crippen molar-refractivity contribution in [3.63, 3.8) is 0 Å². The monoisotopic (exact) mass is 266 g/mol. The average Bonchev–Trinajstić information content (AvgIpc) is 2.40. The SMILES string of the molecule is CCCC1CCCCN1C(=O)c1ccncc1Cl. The standard InChI is InChI=1S/C14H19ClN2O/c1-2-5-11-6-3-4-9-17(11)14(18)12-7-8-16-10-13(12)15/h7-8,10-11H,2-6,9H2,1H3. The molecule has 1 saturated heterocycles. The van der Waals surface area contributed by atoms with Crippen LogP contribution in [0.2, 0.25) is 5.02 Å². The lowest BCUT2D eigenvalue weighted by Gasteiger charge is -2.36. The van der Waals surface area contributed by atoms with Crippen molar-refractivity contribution in [3.8, 4) is 0 Å². The summed E-state index contributed by atoms with van der Waals surface area (Å²) in [6.07, 6.45) is 8.77. The topological polar surface area (TPSA) is 33.2 Å². The highest BCUT2D eigenvalue weighted by Gasteiger charge is 2.27. The minimum absolute atomic E-state index is 0.0561. The minimum atomic E-state index is 0.0561. The zero-order chi connectivity index (χ0) is 13.0. The Morgan fingerprint density at radius 2 is 2.39 bits per heavy atom. The summed E-state index contributed by atoms with van der Waals surface area (Å²) in [5.74, 6) is 0.0561. The maximum absolute atomic E-state index is 12.5. The third-order valence-electron chi connectivity index (χ3n) is 3.51. The number of pyridine rings is 1. The lowest BCUT2D eigenvalue weighted by atomic mass is 9.97. The van der Waals surface area contributed by atoms with Crippen molar-refractivity contribution in [2.24, 2.45) is 0 Å². The Balaban J connectivity index is 2.18. The summed E-state index contributed by atoms with van der Waals surface area (Å²) in [7, 11) is 0. The molecular weight excluding hydrogens is 248 g/mol. The second-order valence-corrected chi connectivity index (χ2v) is 5.20. The van der Waals surface area contributed by atoms with E-state index >= 15 is 0 Å². The molecule has 4 heteroatoms. The third kappa shape index (κ3) is 2.83. The van der Waals surface area contributed by atoms with E-state index in [9.17, 15) is 4.79 Å². The number of likely N-dealkylation sites (tertiary alicyclic amines) is 1. The Kier molecular flexibility index (Phi) is 4.59. The summed E-state index contributed by atoms with van der Waals surface area (Å²) in [5.41, 5.74) is 0.578. The van der Waals surface area contributed by atoms with Crippen molar-refractivity contribution in [1.82, 2.24) is 9.88 Å². The third-order valence-corrected chi connectivity index (χ3v) is 3.81. The van der Waals surface area contributed by atoms with Crippen LogP contribution in [0.25, 0.3) is 0 Å². The predicted molar refractivity (Wildman–Crippen MR) is 72.8 cm³/mol. The average molecular weight is 267 g/mol. The largest absolute Gasteiger partial charge is 0.336 e. The molecule has 1 aromatic rings. The zero-order valence-electron chi connectivity index (χ0n) is 10.7. The van der Waals surface area contributed by atoms with Gasteiger partial charge in [-0.25, -0.2) is 0 Å². The van der Waals surface area contributed by atoms with Crippen LogP contribution in [0.4, 0.5) is 0 Å². The van der Waals surface area contributed by atoms with E-state index in [2.05, 4.69) is 11.9 Å². The van der Waals surface area contributed by atoms with Crippen molar-refractivity contribution >= 4 is 17.5 Å². The quantitative estimate of drug-likeness (QED) is 0.839. The van der Waals surface area contributed by atoms with Crippen LogP contribution >= 0.6 is 11.6 Å². The van der Waals surface area contributed by atoms with Crippen LogP contribution in [0.3, 0.4) is 0 Å². The van der Waals surface area contributed by atoms with Crippen molar-refractivity contribution in [2.75, 3.05) is 6.54 Å². The van der Waals surface area contributed by atoms with Crippen molar-refractivity contribution in [3.05, 3.63) is 29.0 Å². The summed E-state index contributed by atoms with van der Waals surface area (Å²) in [6.45, 7) is 3.01. The van der Waals surface area contributed by atoms with Crippen LogP contribution in [0.5, 0.6) is 0 Å². The van der Waals surface area contributed by atoms with Crippen molar-refractivity contribution in [1.29, 1.82) is 0 Å². The summed E-state index contributed by atoms with van der Waals surface area (Å²) in [5, 5.41) is 0.448. The summed E-state index contributed by atoms with van der Waals surface area (Å²) in [4.78, 5) is 18.4. The van der Waals surface area contributed by atoms with Gasteiger partial charge in [-0.15, -0.1) is 0 Å². The highest BCUT2D eigenvalue weighted by molar-refractivity contribution is 6.33. The molecule has 18 heavy (non-hydrogen) atoms. The molecule has 0 aromatic carbocycles. The first-order valence-electron chi connectivity index (χ1n) is 6.64. The van der Waals surface area contributed by atoms with E-state index in [-0.39, 0.29) is 5.91 Å². The normalized spacial score (nSPS) is 19.9. The number of carbonyl (C=O) groups is 1. The molecule has 0 bridgehead atoms. The van der Waals surface area contributed by atoms with Crippen LogP contribution in [0.15, 0.2) is 18.5 Å². The number of hydrogen-bond donors (Lipinski definition) is 0. The van der Waals surface area contributed by atoms with E-state index in [1.54, 1.807) is 12.3 Å². The molecule has 0 radical (unpaired) electrons. The Bertz CT molecular complexity index is 420. The fourth-order valence-corrected chi connectivity index (χ4v) is 2.80. The Morgan fingerprint density at radius 3 is 3.11 bits per heavy atom. The maximum Gasteiger partial charge on any atom is 0.255 e. The van der Waals surface area contributed by atoms with E-state index in [1.165, 1.54) is 12.6 Å². The van der Waals surface area contributed by atoms with Crippen LogP contribution in [0.1, 0.15) is 49.4 Å². The van der Waals surface area contributed by atoms with Crippen LogP contribution in [0, 0.1) is 0 Å². The molecule has 98 valence electrons. The van der Waals surface area contributed by atoms with Gasteiger partial charge in [0, 0.05) is 25.0 Å². The first-order chi connectivity index (χ1) is 8.74. The van der Waals surface area contributed by atoms with Crippen LogP contribution in [-0.2, 0) is 0 Å². The van der Waals surface area contributed by atoms with Gasteiger partial charge in [0.15, 0.2) is 0 Å². The fourth-order valence-electron chi connectivity index (χ4n) is 2.60. The van der Waals surface area contributed by atoms with E-state index in [0.717, 1.165) is 32.2 Å². The summed E-state index contributed by atoms with van der Waals surface area (Å²) < 4.78 is 0. The maximum atomic E-state index is 12.5. The van der Waals surface area contributed by atoms with Gasteiger partial charge in [-0.05, 0) is 31.7 Å². The molecule has 1 amide bonds. The van der Waals surface area contributed by atoms with Gasteiger partial charge in [0.05, 0.1) is 10.6 Å². The van der Waals surface area contributed by atoms with Gasteiger partial charge in [-0.1, -0.05) is 24.9 Å². The van der Waals surface area contributed by atoms with Gasteiger partial charge < -0.3 is 4.90 Å². The number of amides is 1. The van der Waals surface area contributed by atoms with Gasteiger partial charge >= 0.3 is 0 Å². The predicted octanol–water partition coefficient (Wildman–Crippen LogP) is 3.53. The molecule has 3 nitrogen and oxygen atoms in total. The van der Waals surface area contributed by atoms with Crippen LogP contribution in [-0.4, -0.2) is 28.4 Å². The van der Waals surface area contributed by atoms with E-state index in [4.69, 9.17) is 11.6 Å². The number of carbonyl (C=O) groups excluding carboxylic acids is 1. The minimum Gasteiger partial charge on any atom is -0.336 e. The number of aromatic nitrogens is 1. The Morgan fingerprint density at radius 1 is 1.56 bits per heavy atom. The molecule has 1 aliphatic heterocycles. The fraction of sp³-hybridized carbons (Fsp3) is 0.571. The molecule has 0 aliphatic carbocycles. The van der Waals surface area contributed by atoms with Gasteiger partial charge in [0.1, 0.15) is 0 Å². The molecule has 1 aromatic heterocycles. The van der Waals surface area contributed by atoms with E-state index < -0.39 is 0 Å². The number of hydrogen-bond acceptors (Lipinski definition) is 2. The Labute approximate surface area is 113 Å². The smallest absolute Gasteiger partial charge is 0.255 e. The molecule has 2 heterocycles. The first-order valence-corrected chi connectivity index (χ1v) is 7.02. The van der Waals surface area contributed by atoms with Gasteiger partial charge in [-0.3, -0.25) is 9.78 Å². The first kappa shape index (κ1) is 13.3. The van der Waals surface area contributed by atoms with Gasteiger partial charge in [-0.2, -0.15) is 0 Å². The van der Waals surface area contributed by atoms with Crippen molar-refractivity contribution < 1.29 is 4.79 Å². The molecule has 0 saturated carbocycles. The Hall–Kier alpha value is -1.09. The molecule has 0 spiro atoms. The lowest BCUT2D eigenvalue weighted by molar-refractivity contribution is 0.0601. The molecule has 1 unspecified atom stereocenters. The molecule has 2 rings (SSSR count). The number of rotatable bonds is 3. The lowest BCUT2D eigenvalue weighted by Crippen LogP contribution is -2.43. The second-order valence-electron chi connectivity index (χ2n) is 4.79. The highest BCUT2D eigenvalue weighted by Crippen LogP contribution is 2.25. The summed E-state index contributed by atoms with van der Waals surface area (Å²) >= 11 is 6.05. The molecule has 1 atom stereocenters. The molecule has 1 fully saturated rings. The second kappa shape index (κ2) is 6.19. The van der Waals surface area contributed by atoms with E-state index in [1.807, 2.05) is 4.90 Å². The number of nitrogens with zero attached hydrogens (tertiary/aromatic N) is 2. The van der Waals surface area contributed by atoms with Gasteiger partial charge in [0.25, 0.3) is 5.91 Å². The highest BCUT2D eigenvalue weighted by atomic mass is 35.5. The molecule has 0 N–H and O–H groups in total.